The number of amides is 1. The molecule has 3 aliphatic heterocycles. The summed E-state index contributed by atoms with van der Waals surface area (Å²) in [7, 11) is 2.06. The predicted molar refractivity (Wildman–Crippen MR) is 128 cm³/mol. The van der Waals surface area contributed by atoms with E-state index in [1.807, 2.05) is 0 Å². The van der Waals surface area contributed by atoms with Crippen molar-refractivity contribution in [2.75, 3.05) is 20.1 Å². The van der Waals surface area contributed by atoms with Crippen molar-refractivity contribution in [3.05, 3.63) is 35.9 Å². The monoisotopic (exact) mass is 455 g/mol. The lowest BCUT2D eigenvalue weighted by atomic mass is 9.83. The highest BCUT2D eigenvalue weighted by molar-refractivity contribution is 5.85. The first-order valence-electron chi connectivity index (χ1n) is 11.3. The van der Waals surface area contributed by atoms with Crippen molar-refractivity contribution >= 4 is 30.7 Å². The fourth-order valence-electron chi connectivity index (χ4n) is 6.30. The summed E-state index contributed by atoms with van der Waals surface area (Å²) in [5.74, 6) is 1.96. The van der Waals surface area contributed by atoms with Gasteiger partial charge in [0.15, 0.2) is 0 Å². The molecule has 2 bridgehead atoms. The average Bonchev–Trinajstić information content (AvgIpc) is 3.00. The minimum absolute atomic E-state index is 0. The van der Waals surface area contributed by atoms with E-state index in [9.17, 15) is 4.79 Å². The van der Waals surface area contributed by atoms with Crippen LogP contribution in [0.15, 0.2) is 30.3 Å². The molecule has 1 aromatic carbocycles. The second-order valence-electron chi connectivity index (χ2n) is 9.81. The number of carbonyl (C=O) groups excluding carboxylic acids is 1. The van der Waals surface area contributed by atoms with Crippen LogP contribution in [-0.2, 0) is 11.3 Å². The molecule has 3 heterocycles. The Bertz CT molecular complexity index is 650. The lowest BCUT2D eigenvalue weighted by Crippen LogP contribution is -2.55. The van der Waals surface area contributed by atoms with Gasteiger partial charge in [-0.25, -0.2) is 0 Å². The zero-order valence-electron chi connectivity index (χ0n) is 18.6. The van der Waals surface area contributed by atoms with E-state index in [1.165, 1.54) is 31.2 Å². The summed E-state index contributed by atoms with van der Waals surface area (Å²) in [5.41, 5.74) is 1.38. The van der Waals surface area contributed by atoms with Gasteiger partial charge in [0.05, 0.1) is 0 Å². The summed E-state index contributed by atoms with van der Waals surface area (Å²) in [5, 5.41) is 3.69. The molecule has 3 fully saturated rings. The highest BCUT2D eigenvalue weighted by Crippen LogP contribution is 2.34. The second kappa shape index (κ2) is 11.2. The molecule has 3 aliphatic rings. The number of piperidine rings is 2. The minimum atomic E-state index is 0. The Kier molecular flexibility index (Phi) is 9.48. The van der Waals surface area contributed by atoms with Gasteiger partial charge in [-0.15, -0.1) is 24.8 Å². The third kappa shape index (κ3) is 5.91. The van der Waals surface area contributed by atoms with Crippen LogP contribution in [0.1, 0.15) is 51.5 Å². The van der Waals surface area contributed by atoms with Gasteiger partial charge in [-0.3, -0.25) is 9.69 Å². The lowest BCUT2D eigenvalue weighted by Gasteiger charge is -2.46. The van der Waals surface area contributed by atoms with Crippen LogP contribution in [-0.4, -0.2) is 54.0 Å². The molecule has 1 aromatic rings. The number of nitrogens with one attached hydrogen (secondary N) is 1. The summed E-state index contributed by atoms with van der Waals surface area (Å²) >= 11 is 0. The summed E-state index contributed by atoms with van der Waals surface area (Å²) in [4.78, 5) is 17.8. The third-order valence-corrected chi connectivity index (χ3v) is 7.38. The van der Waals surface area contributed by atoms with E-state index in [0.717, 1.165) is 26.1 Å². The van der Waals surface area contributed by atoms with E-state index in [4.69, 9.17) is 0 Å². The van der Waals surface area contributed by atoms with E-state index in [-0.39, 0.29) is 24.8 Å². The Morgan fingerprint density at radius 2 is 1.60 bits per heavy atom. The van der Waals surface area contributed by atoms with Crippen LogP contribution in [0.3, 0.4) is 0 Å². The van der Waals surface area contributed by atoms with Crippen LogP contribution in [0, 0.1) is 17.8 Å². The van der Waals surface area contributed by atoms with E-state index >= 15 is 0 Å². The van der Waals surface area contributed by atoms with Gasteiger partial charge >= 0.3 is 0 Å². The predicted octanol–water partition coefficient (Wildman–Crippen LogP) is 4.37. The number of nitrogens with zero attached hydrogens (tertiary/aromatic N) is 2. The molecular weight excluding hydrogens is 417 g/mol. The molecule has 0 aromatic heterocycles. The van der Waals surface area contributed by atoms with Crippen molar-refractivity contribution in [1.29, 1.82) is 0 Å². The summed E-state index contributed by atoms with van der Waals surface area (Å²) in [6.07, 6.45) is 5.74. The molecule has 3 saturated heterocycles. The Morgan fingerprint density at radius 1 is 1.03 bits per heavy atom. The molecule has 6 heteroatoms. The fourth-order valence-corrected chi connectivity index (χ4v) is 6.30. The van der Waals surface area contributed by atoms with Crippen LogP contribution in [0.4, 0.5) is 0 Å². The van der Waals surface area contributed by atoms with E-state index in [0.29, 0.717) is 41.8 Å². The molecule has 4 atom stereocenters. The molecule has 30 heavy (non-hydrogen) atoms. The van der Waals surface area contributed by atoms with Crippen molar-refractivity contribution in [2.45, 2.75) is 70.6 Å². The number of benzene rings is 1. The molecular formula is C24H39Cl2N3O. The molecule has 1 amide bonds. The summed E-state index contributed by atoms with van der Waals surface area (Å²) < 4.78 is 0. The van der Waals surface area contributed by atoms with Gasteiger partial charge in [-0.1, -0.05) is 44.2 Å². The smallest absolute Gasteiger partial charge is 0.222 e. The topological polar surface area (TPSA) is 35.6 Å². The average molecular weight is 457 g/mol. The molecule has 0 spiro atoms. The number of likely N-dealkylation sites (tertiary alicyclic amines) is 1. The molecule has 0 aliphatic carbocycles. The first-order chi connectivity index (χ1) is 13.5. The van der Waals surface area contributed by atoms with E-state index in [2.05, 4.69) is 66.3 Å². The van der Waals surface area contributed by atoms with Crippen LogP contribution in [0.25, 0.3) is 0 Å². The summed E-state index contributed by atoms with van der Waals surface area (Å²) in [6, 6.07) is 12.4. The maximum absolute atomic E-state index is 13.1. The first kappa shape index (κ1) is 25.5. The maximum atomic E-state index is 13.1. The zero-order chi connectivity index (χ0) is 19.7. The first-order valence-corrected chi connectivity index (χ1v) is 11.3. The SMILES string of the molecule is CC1CN(Cc2ccccc2)CC(C)C1N(C)C(=O)CC1CC2CCC(C1)N2.Cl.Cl. The molecule has 4 unspecified atom stereocenters. The van der Waals surface area contributed by atoms with Gasteiger partial charge in [0.1, 0.15) is 0 Å². The number of fused-ring (bicyclic) bond motifs is 2. The van der Waals surface area contributed by atoms with Crippen LogP contribution >= 0.6 is 24.8 Å². The third-order valence-electron chi connectivity index (χ3n) is 7.38. The Morgan fingerprint density at radius 3 is 2.17 bits per heavy atom. The standard InChI is InChI=1S/C24H37N3O.2ClH/c1-17-14-27(16-19-7-5-4-6-8-19)15-18(2)24(17)26(3)23(28)13-20-11-21-9-10-22(12-20)25-21;;/h4-8,17-18,20-22,24-25H,9-16H2,1-3H3;2*1H. The van der Waals surface area contributed by atoms with Gasteiger partial charge in [0, 0.05) is 51.2 Å². The number of halogens is 2. The Labute approximate surface area is 195 Å². The molecule has 170 valence electrons. The van der Waals surface area contributed by atoms with Gasteiger partial charge in [0.2, 0.25) is 5.91 Å². The summed E-state index contributed by atoms with van der Waals surface area (Å²) in [6.45, 7) is 7.80. The highest BCUT2D eigenvalue weighted by atomic mass is 35.5. The van der Waals surface area contributed by atoms with Crippen LogP contribution in [0.5, 0.6) is 0 Å². The van der Waals surface area contributed by atoms with Crippen LogP contribution in [0.2, 0.25) is 0 Å². The lowest BCUT2D eigenvalue weighted by molar-refractivity contribution is -0.137. The molecule has 1 N–H and O–H groups in total. The largest absolute Gasteiger partial charge is 0.342 e. The molecule has 4 rings (SSSR count). The number of hydrogen-bond donors (Lipinski definition) is 1. The van der Waals surface area contributed by atoms with E-state index in [1.54, 1.807) is 0 Å². The second-order valence-corrected chi connectivity index (χ2v) is 9.81. The van der Waals surface area contributed by atoms with Gasteiger partial charge in [0.25, 0.3) is 0 Å². The Balaban J connectivity index is 0.00000160. The molecule has 0 saturated carbocycles. The number of hydrogen-bond acceptors (Lipinski definition) is 3. The minimum Gasteiger partial charge on any atom is -0.342 e. The Hall–Kier alpha value is -0.810. The molecule has 0 radical (unpaired) electrons. The fraction of sp³-hybridized carbons (Fsp3) is 0.708. The van der Waals surface area contributed by atoms with Gasteiger partial charge in [-0.2, -0.15) is 0 Å². The maximum Gasteiger partial charge on any atom is 0.222 e. The van der Waals surface area contributed by atoms with Crippen molar-refractivity contribution in [3.8, 4) is 0 Å². The van der Waals surface area contributed by atoms with Crippen molar-refractivity contribution in [3.63, 3.8) is 0 Å². The van der Waals surface area contributed by atoms with E-state index < -0.39 is 0 Å². The van der Waals surface area contributed by atoms with Crippen molar-refractivity contribution < 1.29 is 4.79 Å². The van der Waals surface area contributed by atoms with Crippen molar-refractivity contribution in [2.24, 2.45) is 17.8 Å². The van der Waals surface area contributed by atoms with Gasteiger partial charge in [-0.05, 0) is 49.0 Å². The highest BCUT2D eigenvalue weighted by Gasteiger charge is 2.38. The molecule has 4 nitrogen and oxygen atoms in total. The van der Waals surface area contributed by atoms with Crippen molar-refractivity contribution in [1.82, 2.24) is 15.1 Å². The zero-order valence-corrected chi connectivity index (χ0v) is 20.3. The quantitative estimate of drug-likeness (QED) is 0.715. The normalized spacial score (nSPS) is 33.3. The van der Waals surface area contributed by atoms with Gasteiger partial charge < -0.3 is 10.2 Å². The number of rotatable bonds is 5. The number of carbonyl (C=O) groups is 1. The van der Waals surface area contributed by atoms with Crippen LogP contribution < -0.4 is 5.32 Å².